The zero-order chi connectivity index (χ0) is 14.4. The van der Waals surface area contributed by atoms with E-state index >= 15 is 0 Å². The molecule has 1 aromatic heterocycles. The van der Waals surface area contributed by atoms with Gasteiger partial charge in [0.15, 0.2) is 0 Å². The minimum absolute atomic E-state index is 0.688. The summed E-state index contributed by atoms with van der Waals surface area (Å²) in [6.07, 6.45) is 2.89. The molecular formula is C15H16BrClN2S. The molecule has 20 heavy (non-hydrogen) atoms. The van der Waals surface area contributed by atoms with Crippen LogP contribution in [0, 0.1) is 0 Å². The number of aromatic nitrogens is 1. The topological polar surface area (TPSA) is 24.9 Å². The molecule has 0 unspecified atom stereocenters. The molecule has 0 saturated heterocycles. The monoisotopic (exact) mass is 370 g/mol. The summed E-state index contributed by atoms with van der Waals surface area (Å²) >= 11 is 11.3. The highest BCUT2D eigenvalue weighted by Crippen LogP contribution is 2.34. The minimum Gasteiger partial charge on any atom is -0.313 e. The highest BCUT2D eigenvalue weighted by molar-refractivity contribution is 9.10. The lowest BCUT2D eigenvalue weighted by Crippen LogP contribution is -2.14. The zero-order valence-corrected chi connectivity index (χ0v) is 14.4. The largest absolute Gasteiger partial charge is 0.313 e. The third-order valence-electron chi connectivity index (χ3n) is 2.70. The first-order valence-corrected chi connectivity index (χ1v) is 8.47. The van der Waals surface area contributed by atoms with Gasteiger partial charge in [0.25, 0.3) is 0 Å². The van der Waals surface area contributed by atoms with Crippen LogP contribution in [0.2, 0.25) is 5.02 Å². The molecule has 2 rings (SSSR count). The van der Waals surface area contributed by atoms with E-state index in [0.29, 0.717) is 5.02 Å². The predicted octanol–water partition coefficient (Wildman–Crippen LogP) is 5.15. The first kappa shape index (κ1) is 15.8. The van der Waals surface area contributed by atoms with Crippen molar-refractivity contribution in [3.05, 3.63) is 51.6 Å². The molecule has 0 aliphatic heterocycles. The number of benzene rings is 1. The van der Waals surface area contributed by atoms with Crippen LogP contribution in [0.1, 0.15) is 18.9 Å². The van der Waals surface area contributed by atoms with Gasteiger partial charge in [-0.3, -0.25) is 0 Å². The van der Waals surface area contributed by atoms with Crippen LogP contribution in [0.25, 0.3) is 0 Å². The molecule has 0 aliphatic rings. The van der Waals surface area contributed by atoms with E-state index in [1.807, 2.05) is 18.2 Å². The van der Waals surface area contributed by atoms with Crippen molar-refractivity contribution >= 4 is 39.3 Å². The van der Waals surface area contributed by atoms with E-state index in [4.69, 9.17) is 11.6 Å². The molecule has 106 valence electrons. The summed E-state index contributed by atoms with van der Waals surface area (Å²) in [5, 5.41) is 4.96. The van der Waals surface area contributed by atoms with Crippen molar-refractivity contribution in [1.29, 1.82) is 0 Å². The van der Waals surface area contributed by atoms with Crippen LogP contribution in [0.5, 0.6) is 0 Å². The van der Waals surface area contributed by atoms with Crippen LogP contribution in [0.15, 0.2) is 50.9 Å². The van der Waals surface area contributed by atoms with Gasteiger partial charge in [0.05, 0.1) is 5.02 Å². The Kier molecular flexibility index (Phi) is 6.36. The Morgan fingerprint density at radius 3 is 2.95 bits per heavy atom. The number of nitrogens with one attached hydrogen (secondary N) is 1. The Balaban J connectivity index is 2.20. The quantitative estimate of drug-likeness (QED) is 0.711. The molecule has 1 heterocycles. The smallest absolute Gasteiger partial charge is 0.119 e. The highest BCUT2D eigenvalue weighted by Gasteiger charge is 2.08. The summed E-state index contributed by atoms with van der Waals surface area (Å²) in [5.41, 5.74) is 1.25. The molecule has 0 amide bonds. The average Bonchev–Trinajstić information content (AvgIpc) is 2.44. The molecule has 0 atom stereocenters. The van der Waals surface area contributed by atoms with Crippen LogP contribution in [-0.4, -0.2) is 11.5 Å². The van der Waals surface area contributed by atoms with Gasteiger partial charge in [0.1, 0.15) is 5.03 Å². The van der Waals surface area contributed by atoms with Crippen LogP contribution in [-0.2, 0) is 6.54 Å². The fourth-order valence-electron chi connectivity index (χ4n) is 1.74. The molecule has 0 fully saturated rings. The molecule has 1 N–H and O–H groups in total. The Hall–Kier alpha value is -0.550. The Bertz CT molecular complexity index is 578. The van der Waals surface area contributed by atoms with Gasteiger partial charge < -0.3 is 5.32 Å². The molecule has 0 saturated carbocycles. The normalized spacial score (nSPS) is 10.8. The molecule has 0 radical (unpaired) electrons. The third kappa shape index (κ3) is 4.48. The van der Waals surface area contributed by atoms with Crippen molar-refractivity contribution in [2.24, 2.45) is 0 Å². The van der Waals surface area contributed by atoms with Crippen LogP contribution < -0.4 is 5.32 Å². The maximum absolute atomic E-state index is 6.18. The third-order valence-corrected chi connectivity index (χ3v) is 4.74. The van der Waals surface area contributed by atoms with Gasteiger partial charge in [-0.2, -0.15) is 0 Å². The second-order valence-corrected chi connectivity index (χ2v) is 6.67. The number of hydrogen-bond acceptors (Lipinski definition) is 3. The van der Waals surface area contributed by atoms with E-state index in [-0.39, 0.29) is 0 Å². The first-order chi connectivity index (χ1) is 9.70. The Morgan fingerprint density at radius 1 is 1.35 bits per heavy atom. The maximum atomic E-state index is 6.18. The number of nitrogens with zero attached hydrogens (tertiary/aromatic N) is 1. The van der Waals surface area contributed by atoms with E-state index in [1.165, 1.54) is 10.5 Å². The molecule has 0 aliphatic carbocycles. The van der Waals surface area contributed by atoms with Gasteiger partial charge in [0, 0.05) is 22.1 Å². The second kappa shape index (κ2) is 8.03. The number of hydrogen-bond donors (Lipinski definition) is 1. The molecule has 0 spiro atoms. The van der Waals surface area contributed by atoms with Gasteiger partial charge in [-0.1, -0.05) is 46.2 Å². The van der Waals surface area contributed by atoms with Gasteiger partial charge in [0.2, 0.25) is 0 Å². The Labute approximate surface area is 137 Å². The fourth-order valence-corrected chi connectivity index (χ4v) is 3.27. The lowest BCUT2D eigenvalue weighted by molar-refractivity contribution is 0.669. The molecule has 2 aromatic rings. The molecule has 2 nitrogen and oxygen atoms in total. The first-order valence-electron chi connectivity index (χ1n) is 6.48. The average molecular weight is 372 g/mol. The van der Waals surface area contributed by atoms with E-state index in [2.05, 4.69) is 45.3 Å². The zero-order valence-electron chi connectivity index (χ0n) is 11.2. The minimum atomic E-state index is 0.688. The van der Waals surface area contributed by atoms with Crippen molar-refractivity contribution in [2.75, 3.05) is 6.54 Å². The van der Waals surface area contributed by atoms with Gasteiger partial charge in [-0.25, -0.2) is 4.98 Å². The standard InChI is InChI=1S/C15H16BrClN2S/c1-2-7-18-10-11-9-12(16)5-6-14(11)20-15-13(17)4-3-8-19-15/h3-6,8-9,18H,2,7,10H2,1H3. The summed E-state index contributed by atoms with van der Waals surface area (Å²) in [6, 6.07) is 10.00. The summed E-state index contributed by atoms with van der Waals surface area (Å²) in [5.74, 6) is 0. The molecule has 1 aromatic carbocycles. The lowest BCUT2D eigenvalue weighted by Gasteiger charge is -2.11. The van der Waals surface area contributed by atoms with Crippen molar-refractivity contribution in [2.45, 2.75) is 29.8 Å². The van der Waals surface area contributed by atoms with Gasteiger partial charge >= 0.3 is 0 Å². The molecular weight excluding hydrogens is 356 g/mol. The van der Waals surface area contributed by atoms with E-state index in [1.54, 1.807) is 18.0 Å². The lowest BCUT2D eigenvalue weighted by atomic mass is 10.2. The summed E-state index contributed by atoms with van der Waals surface area (Å²) < 4.78 is 1.09. The van der Waals surface area contributed by atoms with E-state index in [0.717, 1.165) is 29.0 Å². The van der Waals surface area contributed by atoms with Crippen molar-refractivity contribution in [3.8, 4) is 0 Å². The SMILES string of the molecule is CCCNCc1cc(Br)ccc1Sc1ncccc1Cl. The molecule has 5 heteroatoms. The van der Waals surface area contributed by atoms with Crippen molar-refractivity contribution in [3.63, 3.8) is 0 Å². The van der Waals surface area contributed by atoms with Gasteiger partial charge in [-0.05, 0) is 48.9 Å². The van der Waals surface area contributed by atoms with E-state index in [9.17, 15) is 0 Å². The maximum Gasteiger partial charge on any atom is 0.119 e. The number of rotatable bonds is 6. The number of pyridine rings is 1. The van der Waals surface area contributed by atoms with E-state index < -0.39 is 0 Å². The van der Waals surface area contributed by atoms with Crippen LogP contribution in [0.3, 0.4) is 0 Å². The second-order valence-electron chi connectivity index (χ2n) is 4.32. The predicted molar refractivity (Wildman–Crippen MR) is 89.5 cm³/mol. The van der Waals surface area contributed by atoms with Gasteiger partial charge in [-0.15, -0.1) is 0 Å². The molecule has 0 bridgehead atoms. The number of halogens is 2. The fraction of sp³-hybridized carbons (Fsp3) is 0.267. The van der Waals surface area contributed by atoms with Crippen molar-refractivity contribution < 1.29 is 0 Å². The Morgan fingerprint density at radius 2 is 2.20 bits per heavy atom. The van der Waals surface area contributed by atoms with Crippen LogP contribution in [0.4, 0.5) is 0 Å². The highest BCUT2D eigenvalue weighted by atomic mass is 79.9. The summed E-state index contributed by atoms with van der Waals surface area (Å²) in [4.78, 5) is 5.51. The van der Waals surface area contributed by atoms with Crippen molar-refractivity contribution in [1.82, 2.24) is 10.3 Å². The van der Waals surface area contributed by atoms with Crippen LogP contribution >= 0.6 is 39.3 Å². The summed E-state index contributed by atoms with van der Waals surface area (Å²) in [6.45, 7) is 4.03. The summed E-state index contributed by atoms with van der Waals surface area (Å²) in [7, 11) is 0.